The van der Waals surface area contributed by atoms with E-state index in [0.29, 0.717) is 0 Å². The molecule has 0 atom stereocenters. The predicted molar refractivity (Wildman–Crippen MR) is 78.9 cm³/mol. The first-order valence-corrected chi connectivity index (χ1v) is 6.29. The van der Waals surface area contributed by atoms with Gasteiger partial charge in [-0.05, 0) is 23.9 Å². The third-order valence-electron chi connectivity index (χ3n) is 3.40. The lowest BCUT2D eigenvalue weighted by Crippen LogP contribution is -2.25. The summed E-state index contributed by atoms with van der Waals surface area (Å²) >= 11 is 0. The van der Waals surface area contributed by atoms with Gasteiger partial charge in [0, 0.05) is 11.9 Å². The molecule has 1 aliphatic rings. The van der Waals surface area contributed by atoms with Gasteiger partial charge in [-0.3, -0.25) is 0 Å². The Morgan fingerprint density at radius 2 is 2.00 bits per heavy atom. The highest BCUT2D eigenvalue weighted by atomic mass is 15.2. The SMILES string of the molecule is C=C(CC)CN1C=Nc2cccc3cccc1c23. The average molecular weight is 236 g/mol. The quantitative estimate of drug-likeness (QED) is 0.726. The van der Waals surface area contributed by atoms with Crippen molar-refractivity contribution in [1.82, 2.24) is 0 Å². The molecule has 0 aromatic heterocycles. The minimum Gasteiger partial charge on any atom is -0.328 e. The van der Waals surface area contributed by atoms with Crippen molar-refractivity contribution in [2.75, 3.05) is 11.4 Å². The molecule has 1 heterocycles. The Balaban J connectivity index is 2.13. The maximum absolute atomic E-state index is 4.54. The summed E-state index contributed by atoms with van der Waals surface area (Å²) in [7, 11) is 0. The molecule has 0 spiro atoms. The molecule has 0 fully saturated rings. The highest BCUT2D eigenvalue weighted by Crippen LogP contribution is 2.37. The number of hydrogen-bond donors (Lipinski definition) is 0. The minimum absolute atomic E-state index is 0.841. The Morgan fingerprint density at radius 1 is 1.22 bits per heavy atom. The largest absolute Gasteiger partial charge is 0.328 e. The summed E-state index contributed by atoms with van der Waals surface area (Å²) in [4.78, 5) is 6.72. The van der Waals surface area contributed by atoms with Gasteiger partial charge in [0.15, 0.2) is 0 Å². The van der Waals surface area contributed by atoms with Gasteiger partial charge in [-0.1, -0.05) is 43.3 Å². The van der Waals surface area contributed by atoms with E-state index in [0.717, 1.165) is 18.7 Å². The van der Waals surface area contributed by atoms with Gasteiger partial charge in [0.2, 0.25) is 0 Å². The van der Waals surface area contributed by atoms with E-state index in [1.54, 1.807) is 0 Å². The maximum atomic E-state index is 4.54. The summed E-state index contributed by atoms with van der Waals surface area (Å²) < 4.78 is 0. The molecule has 0 radical (unpaired) electrons. The number of rotatable bonds is 3. The van der Waals surface area contributed by atoms with E-state index in [4.69, 9.17) is 0 Å². The van der Waals surface area contributed by atoms with Gasteiger partial charge < -0.3 is 4.90 Å². The molecular formula is C16H16N2. The molecule has 2 aromatic carbocycles. The smallest absolute Gasteiger partial charge is 0.0960 e. The zero-order chi connectivity index (χ0) is 12.5. The zero-order valence-corrected chi connectivity index (χ0v) is 10.6. The van der Waals surface area contributed by atoms with Crippen LogP contribution in [0.3, 0.4) is 0 Å². The van der Waals surface area contributed by atoms with E-state index in [-0.39, 0.29) is 0 Å². The molecule has 2 aromatic rings. The summed E-state index contributed by atoms with van der Waals surface area (Å²) in [6, 6.07) is 12.6. The van der Waals surface area contributed by atoms with Crippen LogP contribution in [0.25, 0.3) is 10.8 Å². The van der Waals surface area contributed by atoms with Gasteiger partial charge in [-0.15, -0.1) is 0 Å². The van der Waals surface area contributed by atoms with Crippen molar-refractivity contribution >= 4 is 28.5 Å². The van der Waals surface area contributed by atoms with Crippen LogP contribution in [0.15, 0.2) is 53.5 Å². The summed E-state index contributed by atoms with van der Waals surface area (Å²) in [6.45, 7) is 7.06. The van der Waals surface area contributed by atoms with Crippen LogP contribution in [0.4, 0.5) is 11.4 Å². The highest BCUT2D eigenvalue weighted by molar-refractivity contribution is 6.09. The van der Waals surface area contributed by atoms with Crippen LogP contribution in [-0.4, -0.2) is 12.9 Å². The second kappa shape index (κ2) is 4.30. The topological polar surface area (TPSA) is 15.6 Å². The Labute approximate surface area is 107 Å². The van der Waals surface area contributed by atoms with Crippen LogP contribution in [0.2, 0.25) is 0 Å². The predicted octanol–water partition coefficient (Wildman–Crippen LogP) is 4.29. The van der Waals surface area contributed by atoms with Crippen molar-refractivity contribution in [2.45, 2.75) is 13.3 Å². The second-order valence-corrected chi connectivity index (χ2v) is 4.63. The van der Waals surface area contributed by atoms with Crippen molar-refractivity contribution in [3.63, 3.8) is 0 Å². The van der Waals surface area contributed by atoms with Crippen molar-refractivity contribution in [1.29, 1.82) is 0 Å². The Bertz CT molecular complexity index is 635. The molecule has 0 saturated carbocycles. The van der Waals surface area contributed by atoms with E-state index in [1.165, 1.54) is 22.0 Å². The first kappa shape index (κ1) is 11.0. The van der Waals surface area contributed by atoms with Crippen molar-refractivity contribution in [2.24, 2.45) is 4.99 Å². The fourth-order valence-corrected chi connectivity index (χ4v) is 2.32. The van der Waals surface area contributed by atoms with Crippen molar-refractivity contribution in [3.8, 4) is 0 Å². The van der Waals surface area contributed by atoms with Crippen LogP contribution in [0, 0.1) is 0 Å². The van der Waals surface area contributed by atoms with Crippen LogP contribution >= 0.6 is 0 Å². The zero-order valence-electron chi connectivity index (χ0n) is 10.6. The summed E-state index contributed by atoms with van der Waals surface area (Å²) in [5.41, 5.74) is 3.51. The summed E-state index contributed by atoms with van der Waals surface area (Å²) in [5, 5.41) is 2.49. The number of benzene rings is 2. The molecule has 2 nitrogen and oxygen atoms in total. The van der Waals surface area contributed by atoms with E-state index in [9.17, 15) is 0 Å². The van der Waals surface area contributed by atoms with E-state index < -0.39 is 0 Å². The molecule has 90 valence electrons. The van der Waals surface area contributed by atoms with Crippen molar-refractivity contribution in [3.05, 3.63) is 48.6 Å². The molecule has 2 heteroatoms. The number of aliphatic imine (C=N–C) groups is 1. The molecule has 18 heavy (non-hydrogen) atoms. The maximum Gasteiger partial charge on any atom is 0.0960 e. The molecule has 0 N–H and O–H groups in total. The second-order valence-electron chi connectivity index (χ2n) is 4.63. The van der Waals surface area contributed by atoms with Gasteiger partial charge in [-0.2, -0.15) is 0 Å². The first-order valence-electron chi connectivity index (χ1n) is 6.29. The molecule has 0 aliphatic carbocycles. The van der Waals surface area contributed by atoms with Gasteiger partial charge in [0.1, 0.15) is 0 Å². The third-order valence-corrected chi connectivity index (χ3v) is 3.40. The molecule has 0 amide bonds. The lowest BCUT2D eigenvalue weighted by Gasteiger charge is -2.26. The average Bonchev–Trinajstić information content (AvgIpc) is 2.42. The number of hydrogen-bond acceptors (Lipinski definition) is 2. The molecule has 3 rings (SSSR count). The monoisotopic (exact) mass is 236 g/mol. The van der Waals surface area contributed by atoms with Gasteiger partial charge in [-0.25, -0.2) is 4.99 Å². The van der Waals surface area contributed by atoms with E-state index in [2.05, 4.69) is 59.8 Å². The van der Waals surface area contributed by atoms with Crippen LogP contribution in [0.5, 0.6) is 0 Å². The molecule has 1 aliphatic heterocycles. The van der Waals surface area contributed by atoms with E-state index in [1.807, 2.05) is 6.34 Å². The van der Waals surface area contributed by atoms with E-state index >= 15 is 0 Å². The number of anilines is 1. The minimum atomic E-state index is 0.841. The van der Waals surface area contributed by atoms with Gasteiger partial charge >= 0.3 is 0 Å². The summed E-state index contributed by atoms with van der Waals surface area (Å²) in [5.74, 6) is 0. The first-order chi connectivity index (χ1) is 8.79. The number of nitrogens with zero attached hydrogens (tertiary/aromatic N) is 2. The van der Waals surface area contributed by atoms with Gasteiger partial charge in [0.25, 0.3) is 0 Å². The Morgan fingerprint density at radius 3 is 2.78 bits per heavy atom. The lowest BCUT2D eigenvalue weighted by molar-refractivity contribution is 0.994. The third kappa shape index (κ3) is 1.70. The molecule has 0 unspecified atom stereocenters. The molecule has 0 bridgehead atoms. The standard InChI is InChI=1S/C16H16N2/c1-3-12(2)10-18-11-17-14-8-4-6-13-7-5-9-15(18)16(13)14/h4-9,11H,2-3,10H2,1H3. The fraction of sp³-hybridized carbons (Fsp3) is 0.188. The van der Waals surface area contributed by atoms with Crippen LogP contribution < -0.4 is 4.90 Å². The van der Waals surface area contributed by atoms with Crippen molar-refractivity contribution < 1.29 is 0 Å². The normalized spacial score (nSPS) is 13.1. The fourth-order valence-electron chi connectivity index (χ4n) is 2.32. The molecule has 0 saturated heterocycles. The summed E-state index contributed by atoms with van der Waals surface area (Å²) in [6.07, 6.45) is 2.92. The molecular weight excluding hydrogens is 220 g/mol. The lowest BCUT2D eigenvalue weighted by atomic mass is 10.0. The van der Waals surface area contributed by atoms with Gasteiger partial charge in [0.05, 0.1) is 17.7 Å². The van der Waals surface area contributed by atoms with Crippen LogP contribution in [-0.2, 0) is 0 Å². The Kier molecular flexibility index (Phi) is 2.63. The van der Waals surface area contributed by atoms with Crippen LogP contribution in [0.1, 0.15) is 13.3 Å². The highest BCUT2D eigenvalue weighted by Gasteiger charge is 2.15. The Hall–Kier alpha value is -2.09.